The van der Waals surface area contributed by atoms with Crippen LogP contribution in [0.25, 0.3) is 0 Å². The first-order valence-electron chi connectivity index (χ1n) is 6.65. The number of hydrogen-bond acceptors (Lipinski definition) is 5. The molecule has 0 radical (unpaired) electrons. The Morgan fingerprint density at radius 1 is 0.944 bits per heavy atom. The summed E-state index contributed by atoms with van der Waals surface area (Å²) < 4.78 is 0. The van der Waals surface area contributed by atoms with Crippen LogP contribution in [-0.2, 0) is 0 Å². The van der Waals surface area contributed by atoms with E-state index >= 15 is 0 Å². The fraction of sp³-hybridized carbons (Fsp3) is 0.909. The number of guanidine groups is 1. The molecule has 18 heavy (non-hydrogen) atoms. The highest BCUT2D eigenvalue weighted by atomic mass is 15.5. The van der Waals surface area contributed by atoms with Gasteiger partial charge in [-0.3, -0.25) is 9.80 Å². The number of nitrogens with two attached hydrogens (primary N) is 2. The van der Waals surface area contributed by atoms with Crippen LogP contribution in [0, 0.1) is 0 Å². The molecule has 2 aliphatic rings. The Kier molecular flexibility index (Phi) is 4.39. The third kappa shape index (κ3) is 2.92. The van der Waals surface area contributed by atoms with Crippen molar-refractivity contribution in [2.75, 3.05) is 52.4 Å². The third-order valence-corrected chi connectivity index (χ3v) is 3.77. The van der Waals surface area contributed by atoms with Crippen LogP contribution in [0.15, 0.2) is 4.99 Å². The van der Waals surface area contributed by atoms with Crippen LogP contribution in [0.5, 0.6) is 0 Å². The third-order valence-electron chi connectivity index (χ3n) is 3.77. The van der Waals surface area contributed by atoms with Crippen molar-refractivity contribution in [2.45, 2.75) is 12.7 Å². The van der Waals surface area contributed by atoms with E-state index in [9.17, 15) is 0 Å². The van der Waals surface area contributed by atoms with Crippen molar-refractivity contribution >= 4 is 5.96 Å². The Bertz CT molecular complexity index is 270. The van der Waals surface area contributed by atoms with Gasteiger partial charge in [0.15, 0.2) is 11.7 Å². The molecule has 0 aliphatic carbocycles. The van der Waals surface area contributed by atoms with Crippen molar-refractivity contribution < 1.29 is 0 Å². The summed E-state index contributed by atoms with van der Waals surface area (Å²) in [5.41, 5.74) is 11.3. The molecule has 2 aliphatic heterocycles. The molecule has 7 heteroatoms. The molecule has 2 saturated heterocycles. The number of piperazine rings is 2. The van der Waals surface area contributed by atoms with Gasteiger partial charge in [-0.05, 0) is 6.92 Å². The molecule has 0 aromatic carbocycles. The van der Waals surface area contributed by atoms with Gasteiger partial charge in [-0.15, -0.1) is 0 Å². The van der Waals surface area contributed by atoms with E-state index in [1.165, 1.54) is 0 Å². The van der Waals surface area contributed by atoms with E-state index in [1.54, 1.807) is 0 Å². The number of aliphatic imine (C=N–C) groups is 1. The predicted molar refractivity (Wildman–Crippen MR) is 73.1 cm³/mol. The van der Waals surface area contributed by atoms with E-state index in [2.05, 4.69) is 32.3 Å². The summed E-state index contributed by atoms with van der Waals surface area (Å²) in [5.74, 6) is -0.252. The van der Waals surface area contributed by atoms with E-state index < -0.39 is 5.79 Å². The van der Waals surface area contributed by atoms with E-state index in [0.717, 1.165) is 52.4 Å². The summed E-state index contributed by atoms with van der Waals surface area (Å²) in [6, 6.07) is 0. The van der Waals surface area contributed by atoms with Gasteiger partial charge in [0, 0.05) is 52.4 Å². The van der Waals surface area contributed by atoms with Crippen LogP contribution in [0.2, 0.25) is 0 Å². The number of nitrogens with zero attached hydrogens (tertiary/aromatic N) is 3. The van der Waals surface area contributed by atoms with Gasteiger partial charge in [0.05, 0.1) is 0 Å². The molecule has 0 spiro atoms. The summed E-state index contributed by atoms with van der Waals surface area (Å²) in [6.45, 7) is 9.94. The smallest absolute Gasteiger partial charge is 0.188 e. The van der Waals surface area contributed by atoms with Crippen molar-refractivity contribution in [2.24, 2.45) is 16.5 Å². The van der Waals surface area contributed by atoms with Gasteiger partial charge in [-0.25, -0.2) is 4.99 Å². The maximum absolute atomic E-state index is 5.64. The molecule has 7 nitrogen and oxygen atoms in total. The van der Waals surface area contributed by atoms with Crippen LogP contribution >= 0.6 is 0 Å². The first kappa shape index (κ1) is 13.5. The molecule has 0 unspecified atom stereocenters. The van der Waals surface area contributed by atoms with Crippen molar-refractivity contribution in [1.29, 1.82) is 0 Å². The fourth-order valence-electron chi connectivity index (χ4n) is 2.76. The second kappa shape index (κ2) is 5.83. The fourth-order valence-corrected chi connectivity index (χ4v) is 2.76. The Morgan fingerprint density at radius 2 is 1.33 bits per heavy atom. The van der Waals surface area contributed by atoms with Gasteiger partial charge in [0.1, 0.15) is 0 Å². The minimum absolute atomic E-state index is 0.162. The quantitative estimate of drug-likeness (QED) is 0.336. The Labute approximate surface area is 109 Å². The number of rotatable bonds is 3. The lowest BCUT2D eigenvalue weighted by atomic mass is 10.2. The van der Waals surface area contributed by atoms with E-state index in [-0.39, 0.29) is 5.96 Å². The Balaban J connectivity index is 2.17. The Hall–Kier alpha value is -0.890. The average molecular weight is 255 g/mol. The highest BCUT2D eigenvalue weighted by Crippen LogP contribution is 2.23. The van der Waals surface area contributed by atoms with Gasteiger partial charge in [-0.1, -0.05) is 0 Å². The predicted octanol–water partition coefficient (Wildman–Crippen LogP) is -2.26. The first-order chi connectivity index (χ1) is 8.63. The monoisotopic (exact) mass is 255 g/mol. The zero-order chi connectivity index (χ0) is 13.0. The molecule has 0 aromatic heterocycles. The van der Waals surface area contributed by atoms with Crippen molar-refractivity contribution in [1.82, 2.24) is 20.4 Å². The molecule has 2 heterocycles. The average Bonchev–Trinajstić information content (AvgIpc) is 2.40. The van der Waals surface area contributed by atoms with Crippen LogP contribution in [0.1, 0.15) is 6.92 Å². The summed E-state index contributed by atoms with van der Waals surface area (Å²) in [4.78, 5) is 9.24. The lowest BCUT2D eigenvalue weighted by molar-refractivity contribution is -0.0516. The summed E-state index contributed by atoms with van der Waals surface area (Å²) in [6.07, 6.45) is 0. The summed E-state index contributed by atoms with van der Waals surface area (Å²) >= 11 is 0. The standard InChI is InChI=1S/C11H25N7/c1-11(16-10(12)13,17-6-2-14-3-7-17)18-8-4-15-5-9-18/h14-15H,2-9H2,1H3,(H4,12,13,16). The second-order valence-electron chi connectivity index (χ2n) is 4.98. The largest absolute Gasteiger partial charge is 0.370 e. The second-order valence-corrected chi connectivity index (χ2v) is 4.98. The topological polar surface area (TPSA) is 94.9 Å². The van der Waals surface area contributed by atoms with Crippen LogP contribution in [-0.4, -0.2) is 73.9 Å². The molecule has 0 aromatic rings. The maximum atomic E-state index is 5.64. The molecule has 6 N–H and O–H groups in total. The molecule has 0 bridgehead atoms. The molecule has 0 atom stereocenters. The van der Waals surface area contributed by atoms with E-state index in [0.29, 0.717) is 0 Å². The van der Waals surface area contributed by atoms with Gasteiger partial charge < -0.3 is 22.1 Å². The van der Waals surface area contributed by atoms with E-state index in [4.69, 9.17) is 11.5 Å². The van der Waals surface area contributed by atoms with Crippen LogP contribution < -0.4 is 22.1 Å². The summed E-state index contributed by atoms with van der Waals surface area (Å²) in [5, 5.41) is 6.72. The molecule has 2 fully saturated rings. The van der Waals surface area contributed by atoms with Crippen LogP contribution in [0.4, 0.5) is 0 Å². The van der Waals surface area contributed by atoms with Crippen molar-refractivity contribution in [3.8, 4) is 0 Å². The highest BCUT2D eigenvalue weighted by Gasteiger charge is 2.38. The van der Waals surface area contributed by atoms with Gasteiger partial charge >= 0.3 is 0 Å². The normalized spacial score (nSPS) is 23.8. The lowest BCUT2D eigenvalue weighted by Crippen LogP contribution is -2.65. The molecule has 0 amide bonds. The Morgan fingerprint density at radius 3 is 1.67 bits per heavy atom. The van der Waals surface area contributed by atoms with Crippen molar-refractivity contribution in [3.63, 3.8) is 0 Å². The number of nitrogens with one attached hydrogen (secondary N) is 2. The molecule has 0 saturated carbocycles. The minimum Gasteiger partial charge on any atom is -0.370 e. The molecular formula is C11H25N7. The van der Waals surface area contributed by atoms with Crippen LogP contribution in [0.3, 0.4) is 0 Å². The zero-order valence-electron chi connectivity index (χ0n) is 11.2. The number of hydrogen-bond donors (Lipinski definition) is 4. The highest BCUT2D eigenvalue weighted by molar-refractivity contribution is 5.76. The first-order valence-corrected chi connectivity index (χ1v) is 6.65. The lowest BCUT2D eigenvalue weighted by Gasteiger charge is -2.48. The van der Waals surface area contributed by atoms with Gasteiger partial charge in [0.25, 0.3) is 0 Å². The van der Waals surface area contributed by atoms with Gasteiger partial charge in [0.2, 0.25) is 0 Å². The van der Waals surface area contributed by atoms with E-state index in [1.807, 2.05) is 0 Å². The minimum atomic E-state index is -0.414. The molecular weight excluding hydrogens is 230 g/mol. The zero-order valence-corrected chi connectivity index (χ0v) is 11.2. The molecule has 104 valence electrons. The van der Waals surface area contributed by atoms with Gasteiger partial charge in [-0.2, -0.15) is 0 Å². The summed E-state index contributed by atoms with van der Waals surface area (Å²) in [7, 11) is 0. The maximum Gasteiger partial charge on any atom is 0.188 e. The molecule has 2 rings (SSSR count). The SMILES string of the molecule is CC(N=C(N)N)(N1CCNCC1)N1CCNCC1. The van der Waals surface area contributed by atoms with Crippen molar-refractivity contribution in [3.05, 3.63) is 0 Å².